The van der Waals surface area contributed by atoms with Crippen molar-refractivity contribution in [1.29, 1.82) is 0 Å². The zero-order valence-corrected chi connectivity index (χ0v) is 12.8. The molecule has 1 saturated heterocycles. The lowest BCUT2D eigenvalue weighted by Crippen LogP contribution is -2.43. The fourth-order valence-corrected chi connectivity index (χ4v) is 3.18. The van der Waals surface area contributed by atoms with Crippen LogP contribution in [-0.4, -0.2) is 39.3 Å². The number of rotatable bonds is 6. The average Bonchev–Trinajstić information content (AvgIpc) is 2.38. The van der Waals surface area contributed by atoms with Crippen LogP contribution < -0.4 is 0 Å². The third kappa shape index (κ3) is 3.68. The molecule has 0 bridgehead atoms. The Morgan fingerprint density at radius 3 is 2.11 bits per heavy atom. The number of carbonyl (C=O) groups is 2. The molecule has 0 spiro atoms. The van der Waals surface area contributed by atoms with Crippen molar-refractivity contribution in [3.63, 3.8) is 0 Å². The first-order chi connectivity index (χ1) is 8.65. The number of likely N-dealkylation sites (N-methyl/N-ethyl adjacent to an activating group) is 2. The SMILES string of the molecule is CCCCSC=C1C(=O)N(CC)SN(CC)C1=O. The maximum Gasteiger partial charge on any atom is 0.271 e. The van der Waals surface area contributed by atoms with E-state index in [0.717, 1.165) is 18.6 Å². The first-order valence-electron chi connectivity index (χ1n) is 6.29. The van der Waals surface area contributed by atoms with Gasteiger partial charge in [-0.05, 0) is 31.4 Å². The summed E-state index contributed by atoms with van der Waals surface area (Å²) in [6.07, 6.45) is 2.22. The van der Waals surface area contributed by atoms with Crippen LogP contribution in [0.15, 0.2) is 11.0 Å². The maximum atomic E-state index is 12.1. The monoisotopic (exact) mass is 288 g/mol. The van der Waals surface area contributed by atoms with Crippen LogP contribution in [0, 0.1) is 0 Å². The van der Waals surface area contributed by atoms with Crippen LogP contribution in [0.2, 0.25) is 0 Å². The second-order valence-electron chi connectivity index (χ2n) is 3.84. The van der Waals surface area contributed by atoms with Crippen LogP contribution in [0.5, 0.6) is 0 Å². The quantitative estimate of drug-likeness (QED) is 0.326. The van der Waals surface area contributed by atoms with Gasteiger partial charge in [-0.3, -0.25) is 18.2 Å². The molecule has 1 aliphatic rings. The van der Waals surface area contributed by atoms with Crippen molar-refractivity contribution >= 4 is 35.7 Å². The molecule has 0 aromatic rings. The summed E-state index contributed by atoms with van der Waals surface area (Å²) in [5, 5.41) is 1.73. The van der Waals surface area contributed by atoms with Gasteiger partial charge in [0.2, 0.25) is 0 Å². The fraction of sp³-hybridized carbons (Fsp3) is 0.667. The molecule has 0 aliphatic carbocycles. The van der Waals surface area contributed by atoms with Crippen molar-refractivity contribution in [3.05, 3.63) is 11.0 Å². The molecule has 0 radical (unpaired) electrons. The zero-order chi connectivity index (χ0) is 13.5. The van der Waals surface area contributed by atoms with Gasteiger partial charge in [-0.15, -0.1) is 11.8 Å². The number of carbonyl (C=O) groups excluding carboxylic acids is 2. The van der Waals surface area contributed by atoms with E-state index >= 15 is 0 Å². The Morgan fingerprint density at radius 2 is 1.67 bits per heavy atom. The number of unbranched alkanes of at least 4 members (excludes halogenated alkanes) is 1. The lowest BCUT2D eigenvalue weighted by atomic mass is 10.2. The van der Waals surface area contributed by atoms with Crippen molar-refractivity contribution in [2.24, 2.45) is 0 Å². The molecule has 0 saturated carbocycles. The zero-order valence-electron chi connectivity index (χ0n) is 11.1. The van der Waals surface area contributed by atoms with Gasteiger partial charge in [-0.1, -0.05) is 13.3 Å². The molecule has 0 N–H and O–H groups in total. The molecule has 0 aromatic heterocycles. The van der Waals surface area contributed by atoms with E-state index in [1.54, 1.807) is 25.8 Å². The minimum absolute atomic E-state index is 0.166. The van der Waals surface area contributed by atoms with Gasteiger partial charge in [0.25, 0.3) is 11.8 Å². The highest BCUT2D eigenvalue weighted by atomic mass is 32.2. The highest BCUT2D eigenvalue weighted by Crippen LogP contribution is 2.28. The minimum Gasteiger partial charge on any atom is -0.268 e. The molecule has 4 nitrogen and oxygen atoms in total. The summed E-state index contributed by atoms with van der Waals surface area (Å²) in [4.78, 5) is 24.1. The average molecular weight is 288 g/mol. The minimum atomic E-state index is -0.166. The molecule has 6 heteroatoms. The second kappa shape index (κ2) is 7.74. The Bertz CT molecular complexity index is 321. The molecule has 18 heavy (non-hydrogen) atoms. The molecule has 0 atom stereocenters. The summed E-state index contributed by atoms with van der Waals surface area (Å²) >= 11 is 2.76. The molecule has 0 aromatic carbocycles. The molecular formula is C12H20N2O2S2. The second-order valence-corrected chi connectivity index (χ2v) is 5.86. The van der Waals surface area contributed by atoms with Crippen molar-refractivity contribution in [2.45, 2.75) is 33.6 Å². The Balaban J connectivity index is 2.77. The lowest BCUT2D eigenvalue weighted by Gasteiger charge is -2.32. The van der Waals surface area contributed by atoms with Gasteiger partial charge in [0.15, 0.2) is 0 Å². The van der Waals surface area contributed by atoms with E-state index in [4.69, 9.17) is 0 Å². The van der Waals surface area contributed by atoms with Gasteiger partial charge in [-0.2, -0.15) is 0 Å². The number of nitrogens with zero attached hydrogens (tertiary/aromatic N) is 2. The molecular weight excluding hydrogens is 268 g/mol. The fourth-order valence-electron chi connectivity index (χ4n) is 1.43. The molecule has 1 rings (SSSR count). The largest absolute Gasteiger partial charge is 0.271 e. The van der Waals surface area contributed by atoms with Gasteiger partial charge >= 0.3 is 0 Å². The Morgan fingerprint density at radius 1 is 1.11 bits per heavy atom. The summed E-state index contributed by atoms with van der Waals surface area (Å²) in [6, 6.07) is 0. The van der Waals surface area contributed by atoms with Crippen LogP contribution >= 0.6 is 23.9 Å². The van der Waals surface area contributed by atoms with Crippen molar-refractivity contribution < 1.29 is 9.59 Å². The van der Waals surface area contributed by atoms with Crippen LogP contribution in [0.4, 0.5) is 0 Å². The van der Waals surface area contributed by atoms with Crippen molar-refractivity contribution in [1.82, 2.24) is 8.61 Å². The molecule has 0 unspecified atom stereocenters. The lowest BCUT2D eigenvalue weighted by molar-refractivity contribution is -0.130. The van der Waals surface area contributed by atoms with Gasteiger partial charge in [0, 0.05) is 13.1 Å². The third-order valence-electron chi connectivity index (χ3n) is 2.50. The van der Waals surface area contributed by atoms with E-state index in [1.165, 1.54) is 12.1 Å². The summed E-state index contributed by atoms with van der Waals surface area (Å²) < 4.78 is 3.24. The predicted octanol–water partition coefficient (Wildman–Crippen LogP) is 2.68. The highest BCUT2D eigenvalue weighted by molar-refractivity contribution is 8.02. The summed E-state index contributed by atoms with van der Waals surface area (Å²) in [5.41, 5.74) is 0.304. The van der Waals surface area contributed by atoms with E-state index in [9.17, 15) is 9.59 Å². The third-order valence-corrected chi connectivity index (χ3v) is 4.67. The molecule has 1 aliphatic heterocycles. The number of hydrogen-bond acceptors (Lipinski definition) is 4. The number of hydrogen-bond donors (Lipinski definition) is 0. The summed E-state index contributed by atoms with van der Waals surface area (Å²) in [5.74, 6) is 0.619. The van der Waals surface area contributed by atoms with Crippen LogP contribution in [0.3, 0.4) is 0 Å². The number of thioether (sulfide) groups is 1. The first-order valence-corrected chi connectivity index (χ1v) is 8.07. The van der Waals surface area contributed by atoms with Gasteiger partial charge in [-0.25, -0.2) is 0 Å². The molecule has 2 amide bonds. The maximum absolute atomic E-state index is 12.1. The van der Waals surface area contributed by atoms with E-state index in [2.05, 4.69) is 6.92 Å². The topological polar surface area (TPSA) is 40.6 Å². The Labute approximate surface area is 117 Å². The smallest absolute Gasteiger partial charge is 0.268 e. The van der Waals surface area contributed by atoms with Crippen molar-refractivity contribution in [3.8, 4) is 0 Å². The Hall–Kier alpha value is -0.620. The standard InChI is InChI=1S/C12H20N2O2S2/c1-4-7-8-17-9-10-11(15)13(5-2)18-14(6-3)12(10)16/h9H,4-8H2,1-3H3. The molecule has 102 valence electrons. The van der Waals surface area contributed by atoms with E-state index in [-0.39, 0.29) is 11.8 Å². The Kier molecular flexibility index (Phi) is 6.63. The van der Waals surface area contributed by atoms with Crippen molar-refractivity contribution in [2.75, 3.05) is 18.8 Å². The van der Waals surface area contributed by atoms with E-state index in [1.807, 2.05) is 13.8 Å². The van der Waals surface area contributed by atoms with Gasteiger partial charge in [0.1, 0.15) is 5.57 Å². The van der Waals surface area contributed by atoms with E-state index < -0.39 is 0 Å². The van der Waals surface area contributed by atoms with Crippen LogP contribution in [-0.2, 0) is 9.59 Å². The normalized spacial score (nSPS) is 16.5. The molecule has 1 fully saturated rings. The summed E-state index contributed by atoms with van der Waals surface area (Å²) in [6.45, 7) is 7.15. The predicted molar refractivity (Wildman–Crippen MR) is 77.8 cm³/mol. The highest BCUT2D eigenvalue weighted by Gasteiger charge is 2.34. The summed E-state index contributed by atoms with van der Waals surface area (Å²) in [7, 11) is 0. The van der Waals surface area contributed by atoms with E-state index in [0.29, 0.717) is 18.7 Å². The van der Waals surface area contributed by atoms with Crippen LogP contribution in [0.1, 0.15) is 33.6 Å². The van der Waals surface area contributed by atoms with Crippen LogP contribution in [0.25, 0.3) is 0 Å². The van der Waals surface area contributed by atoms with Gasteiger partial charge in [0.05, 0.1) is 12.1 Å². The van der Waals surface area contributed by atoms with Gasteiger partial charge < -0.3 is 0 Å². The first kappa shape index (κ1) is 15.4. The number of amides is 2. The molecule has 1 heterocycles.